The molecule has 0 radical (unpaired) electrons. The molecule has 0 N–H and O–H groups in total. The van der Waals surface area contributed by atoms with Crippen LogP contribution in [0.4, 0.5) is 34.1 Å². The van der Waals surface area contributed by atoms with Crippen LogP contribution in [0.1, 0.15) is 0 Å². The van der Waals surface area contributed by atoms with Crippen LogP contribution in [0.2, 0.25) is 13.1 Å². The van der Waals surface area contributed by atoms with E-state index in [0.717, 1.165) is 56.1 Å². The van der Waals surface area contributed by atoms with E-state index in [1.807, 2.05) is 0 Å². The van der Waals surface area contributed by atoms with Gasteiger partial charge in [0.1, 0.15) is 8.07 Å². The Morgan fingerprint density at radius 1 is 0.404 bits per heavy atom. The van der Waals surface area contributed by atoms with Gasteiger partial charge >= 0.3 is 0 Å². The highest BCUT2D eigenvalue weighted by molar-refractivity contribution is 7.03. The van der Waals surface area contributed by atoms with Crippen LogP contribution in [0.15, 0.2) is 174 Å². The summed E-state index contributed by atoms with van der Waals surface area (Å²) in [6, 6.07) is 62.3. The lowest BCUT2D eigenvalue weighted by Gasteiger charge is -2.31. The van der Waals surface area contributed by atoms with Crippen LogP contribution in [0, 0.1) is 0 Å². The van der Waals surface area contributed by atoms with Crippen LogP contribution >= 0.6 is 0 Å². The highest BCUT2D eigenvalue weighted by Crippen LogP contribution is 2.51. The van der Waals surface area contributed by atoms with E-state index in [2.05, 4.69) is 193 Å². The van der Waals surface area contributed by atoms with Crippen LogP contribution in [-0.4, -0.2) is 8.07 Å². The molecule has 1 aromatic heterocycles. The van der Waals surface area contributed by atoms with Gasteiger partial charge in [-0.15, -0.1) is 0 Å². The SMILES string of the molecule is C[Si]1(C)c2ccccc2-c2ccc(-c3cc4cc(c3)N(c3cccc5ccccc35)c3cccc5c3oc3c(cccc35)N4c3ccccc3)cc21. The van der Waals surface area contributed by atoms with E-state index in [1.165, 1.54) is 43.4 Å². The lowest BCUT2D eigenvalue weighted by Crippen LogP contribution is -2.49. The molecule has 0 fully saturated rings. The minimum atomic E-state index is -1.89. The average molecular weight is 683 g/mol. The Morgan fingerprint density at radius 3 is 1.81 bits per heavy atom. The van der Waals surface area contributed by atoms with Gasteiger partial charge in [-0.05, 0) is 86.5 Å². The Balaban J connectivity index is 1.25. The lowest BCUT2D eigenvalue weighted by atomic mass is 9.98. The summed E-state index contributed by atoms with van der Waals surface area (Å²) in [5.41, 5.74) is 13.3. The number of rotatable bonds is 3. The van der Waals surface area contributed by atoms with E-state index < -0.39 is 8.07 Å². The number of fused-ring (bicyclic) bond motifs is 7. The third-order valence-electron chi connectivity index (χ3n) is 11.3. The third-order valence-corrected chi connectivity index (χ3v) is 14.9. The van der Waals surface area contributed by atoms with Crippen molar-refractivity contribution < 1.29 is 4.42 Å². The molecule has 8 aromatic carbocycles. The zero-order valence-corrected chi connectivity index (χ0v) is 30.0. The van der Waals surface area contributed by atoms with Crippen molar-refractivity contribution in [3.05, 3.63) is 170 Å². The average Bonchev–Trinajstić information content (AvgIpc) is 3.68. The van der Waals surface area contributed by atoms with Gasteiger partial charge in [0.25, 0.3) is 0 Å². The fourth-order valence-electron chi connectivity index (χ4n) is 8.86. The molecule has 0 spiro atoms. The normalized spacial score (nSPS) is 14.0. The van der Waals surface area contributed by atoms with Gasteiger partial charge in [0.05, 0.1) is 17.1 Å². The summed E-state index contributed by atoms with van der Waals surface area (Å²) in [5, 5.41) is 7.62. The first-order valence-corrected chi connectivity index (χ1v) is 21.0. The largest absolute Gasteiger partial charge is 0.452 e. The summed E-state index contributed by atoms with van der Waals surface area (Å²) in [7, 11) is -1.89. The maximum atomic E-state index is 7.03. The van der Waals surface area contributed by atoms with Gasteiger partial charge < -0.3 is 14.2 Å². The number of nitrogens with zero attached hydrogens (tertiary/aromatic N) is 2. The zero-order valence-electron chi connectivity index (χ0n) is 29.0. The first-order chi connectivity index (χ1) is 25.5. The summed E-state index contributed by atoms with van der Waals surface area (Å²) < 4.78 is 7.03. The molecule has 4 bridgehead atoms. The summed E-state index contributed by atoms with van der Waals surface area (Å²) in [4.78, 5) is 4.78. The second-order valence-electron chi connectivity index (χ2n) is 14.6. The predicted molar refractivity (Wildman–Crippen MR) is 222 cm³/mol. The summed E-state index contributed by atoms with van der Waals surface area (Å²) >= 11 is 0. The van der Waals surface area contributed by atoms with E-state index in [-0.39, 0.29) is 0 Å². The van der Waals surface area contributed by atoms with Gasteiger partial charge in [-0.2, -0.15) is 0 Å². The molecule has 246 valence electrons. The van der Waals surface area contributed by atoms with Gasteiger partial charge in [0.15, 0.2) is 11.2 Å². The van der Waals surface area contributed by atoms with Crippen molar-refractivity contribution in [1.29, 1.82) is 0 Å². The van der Waals surface area contributed by atoms with E-state index in [4.69, 9.17) is 4.42 Å². The molecule has 3 heterocycles. The van der Waals surface area contributed by atoms with Crippen molar-refractivity contribution >= 4 is 85.3 Å². The Kier molecular flexibility index (Phi) is 6.11. The second-order valence-corrected chi connectivity index (χ2v) is 18.9. The van der Waals surface area contributed by atoms with Gasteiger partial charge in [-0.1, -0.05) is 134 Å². The molecule has 11 rings (SSSR count). The fourth-order valence-corrected chi connectivity index (χ4v) is 12.0. The van der Waals surface area contributed by atoms with Crippen molar-refractivity contribution in [2.24, 2.45) is 0 Å². The number of benzene rings is 8. The monoisotopic (exact) mass is 682 g/mol. The van der Waals surface area contributed by atoms with Crippen LogP contribution < -0.4 is 20.2 Å². The van der Waals surface area contributed by atoms with Crippen molar-refractivity contribution in [1.82, 2.24) is 0 Å². The molecule has 2 aliphatic rings. The first kappa shape index (κ1) is 29.4. The van der Waals surface area contributed by atoms with Crippen molar-refractivity contribution in [2.75, 3.05) is 9.80 Å². The smallest absolute Gasteiger partial charge is 0.159 e. The number of hydrogen-bond acceptors (Lipinski definition) is 3. The minimum absolute atomic E-state index is 0.878. The topological polar surface area (TPSA) is 19.6 Å². The van der Waals surface area contributed by atoms with Crippen LogP contribution in [0.3, 0.4) is 0 Å². The fraction of sp³-hybridized carbons (Fsp3) is 0.0417. The summed E-state index contributed by atoms with van der Waals surface area (Å²) in [5.74, 6) is 0. The van der Waals surface area contributed by atoms with Crippen molar-refractivity contribution in [3.8, 4) is 22.3 Å². The quantitative estimate of drug-likeness (QED) is 0.173. The van der Waals surface area contributed by atoms with Crippen molar-refractivity contribution in [3.63, 3.8) is 0 Å². The van der Waals surface area contributed by atoms with E-state index in [1.54, 1.807) is 0 Å². The molecule has 2 aliphatic heterocycles. The van der Waals surface area contributed by atoms with E-state index in [0.29, 0.717) is 0 Å². The number of hydrogen-bond donors (Lipinski definition) is 0. The Labute approximate surface area is 303 Å². The highest BCUT2D eigenvalue weighted by atomic mass is 28.3. The molecule has 9 aromatic rings. The predicted octanol–water partition coefficient (Wildman–Crippen LogP) is 12.5. The van der Waals surface area contributed by atoms with Crippen LogP contribution in [-0.2, 0) is 0 Å². The second kappa shape index (κ2) is 10.8. The van der Waals surface area contributed by atoms with Gasteiger partial charge in [-0.25, -0.2) is 0 Å². The molecule has 0 saturated carbocycles. The number of para-hydroxylation sites is 3. The molecular weight excluding hydrogens is 649 g/mol. The molecule has 52 heavy (non-hydrogen) atoms. The van der Waals surface area contributed by atoms with Crippen LogP contribution in [0.5, 0.6) is 0 Å². The Bertz CT molecular complexity index is 2900. The summed E-state index contributed by atoms with van der Waals surface area (Å²) in [6.07, 6.45) is 0. The lowest BCUT2D eigenvalue weighted by molar-refractivity contribution is 0.669. The molecule has 0 saturated heterocycles. The maximum absolute atomic E-state index is 7.03. The van der Waals surface area contributed by atoms with Gasteiger partial charge in [-0.3, -0.25) is 0 Å². The molecular formula is C48H34N2OSi. The third kappa shape index (κ3) is 4.13. The maximum Gasteiger partial charge on any atom is 0.159 e. The van der Waals surface area contributed by atoms with Crippen molar-refractivity contribution in [2.45, 2.75) is 13.1 Å². The van der Waals surface area contributed by atoms with Crippen LogP contribution in [0.25, 0.3) is 55.0 Å². The zero-order chi connectivity index (χ0) is 34.6. The molecule has 3 nitrogen and oxygen atoms in total. The molecule has 0 unspecified atom stereocenters. The standard InChI is InChI=1S/C48H34N2OSi/c1-52(2)45-24-9-8-18-38(45)39-26-25-32(29-46(39)52)33-27-35-30-36(28-33)50(42-21-10-14-31-13-6-7-17-37(31)42)44-23-12-20-41-40-19-11-22-43(47(40)51-48(41)44)49(35)34-15-4-3-5-16-34/h3-30H,1-2H3. The van der Waals surface area contributed by atoms with Gasteiger partial charge in [0, 0.05) is 33.2 Å². The Morgan fingerprint density at radius 2 is 1.00 bits per heavy atom. The number of furan rings is 1. The first-order valence-electron chi connectivity index (χ1n) is 18.0. The Hall–Kier alpha value is -6.36. The summed E-state index contributed by atoms with van der Waals surface area (Å²) in [6.45, 7) is 4.99. The highest BCUT2D eigenvalue weighted by Gasteiger charge is 2.37. The molecule has 0 amide bonds. The number of anilines is 6. The molecule has 0 aliphatic carbocycles. The van der Waals surface area contributed by atoms with Gasteiger partial charge in [0.2, 0.25) is 0 Å². The van der Waals surface area contributed by atoms with E-state index in [9.17, 15) is 0 Å². The minimum Gasteiger partial charge on any atom is -0.452 e. The molecule has 0 atom stereocenters. The molecule has 4 heteroatoms. The van der Waals surface area contributed by atoms with E-state index >= 15 is 0 Å².